The summed E-state index contributed by atoms with van der Waals surface area (Å²) >= 11 is 1.42. The third-order valence-electron chi connectivity index (χ3n) is 1.37. The van der Waals surface area contributed by atoms with Gasteiger partial charge in [0.15, 0.2) is 5.75 Å². The summed E-state index contributed by atoms with van der Waals surface area (Å²) in [6, 6.07) is 0.718. The van der Waals surface area contributed by atoms with E-state index in [1.165, 1.54) is 22.6 Å². The number of rotatable bonds is 2. The van der Waals surface area contributed by atoms with Crippen LogP contribution < -0.4 is 4.74 Å². The molecule has 0 fully saturated rings. The van der Waals surface area contributed by atoms with E-state index in [4.69, 9.17) is 5.11 Å². The zero-order chi connectivity index (χ0) is 12.5. The van der Waals surface area contributed by atoms with Crippen LogP contribution in [0.15, 0.2) is 6.07 Å². The van der Waals surface area contributed by atoms with Gasteiger partial charge >= 0.3 is 6.36 Å². The summed E-state index contributed by atoms with van der Waals surface area (Å²) < 4.78 is 63.1. The smallest absolute Gasteiger partial charge is 0.503 e. The van der Waals surface area contributed by atoms with E-state index in [0.717, 1.165) is 6.07 Å². The molecule has 1 N–H and O–H groups in total. The summed E-state index contributed by atoms with van der Waals surface area (Å²) in [5.41, 5.74) is -0.877. The molecule has 0 amide bonds. The van der Waals surface area contributed by atoms with Crippen LogP contribution in [0.25, 0.3) is 0 Å². The minimum absolute atomic E-state index is 0.153. The maximum atomic E-state index is 12.3. The van der Waals surface area contributed by atoms with Gasteiger partial charge in [-0.3, -0.25) is 0 Å². The molecule has 90 valence electrons. The Morgan fingerprint density at radius 3 is 2.38 bits per heavy atom. The van der Waals surface area contributed by atoms with Gasteiger partial charge in [0.05, 0.1) is 0 Å². The molecule has 0 atom stereocenters. The zero-order valence-electron chi connectivity index (χ0n) is 7.23. The van der Waals surface area contributed by atoms with Crippen LogP contribution in [0.5, 0.6) is 11.6 Å². The van der Waals surface area contributed by atoms with Crippen LogP contribution in [0.4, 0.5) is 22.0 Å². The molecule has 16 heavy (non-hydrogen) atoms. The maximum Gasteiger partial charge on any atom is 0.574 e. The van der Waals surface area contributed by atoms with Crippen LogP contribution in [0.1, 0.15) is 12.1 Å². The molecule has 1 aromatic rings. The topological polar surface area (TPSA) is 42.4 Å². The Hall–Kier alpha value is -0.870. The average molecular weight is 355 g/mol. The molecule has 0 aliphatic carbocycles. The fourth-order valence-corrected chi connectivity index (χ4v) is 1.46. The van der Waals surface area contributed by atoms with E-state index in [1.807, 2.05) is 0 Å². The second kappa shape index (κ2) is 4.55. The van der Waals surface area contributed by atoms with E-state index in [9.17, 15) is 22.0 Å². The van der Waals surface area contributed by atoms with Crippen molar-refractivity contribution in [2.45, 2.75) is 12.8 Å². The molecule has 9 heteroatoms. The molecular formula is C7H3F5INO2. The number of pyridine rings is 1. The highest BCUT2D eigenvalue weighted by atomic mass is 127. The Balaban J connectivity index is 3.15. The normalized spacial score (nSPS) is 11.9. The molecule has 0 radical (unpaired) electrons. The van der Waals surface area contributed by atoms with Crippen molar-refractivity contribution in [1.29, 1.82) is 0 Å². The predicted octanol–water partition coefficient (Wildman–Crippen LogP) is 3.23. The van der Waals surface area contributed by atoms with Crippen LogP contribution in [-0.4, -0.2) is 16.5 Å². The zero-order valence-corrected chi connectivity index (χ0v) is 9.38. The second-order valence-electron chi connectivity index (χ2n) is 2.53. The van der Waals surface area contributed by atoms with Gasteiger partial charge in [0.25, 0.3) is 12.3 Å². The highest BCUT2D eigenvalue weighted by Crippen LogP contribution is 2.34. The molecule has 0 bridgehead atoms. The summed E-state index contributed by atoms with van der Waals surface area (Å²) in [6.45, 7) is 0. The number of ether oxygens (including phenoxy) is 1. The molecule has 0 saturated carbocycles. The first kappa shape index (κ1) is 13.2. The number of hydrogen-bond acceptors (Lipinski definition) is 3. The fraction of sp³-hybridized carbons (Fsp3) is 0.286. The third kappa shape index (κ3) is 3.32. The van der Waals surface area contributed by atoms with Crippen molar-refractivity contribution >= 4 is 22.6 Å². The lowest BCUT2D eigenvalue weighted by Gasteiger charge is -2.11. The first-order valence-corrected chi connectivity index (χ1v) is 4.72. The predicted molar refractivity (Wildman–Crippen MR) is 50.3 cm³/mol. The first-order chi connectivity index (χ1) is 7.20. The fourth-order valence-electron chi connectivity index (χ4n) is 0.814. The Morgan fingerprint density at radius 2 is 1.94 bits per heavy atom. The summed E-state index contributed by atoms with van der Waals surface area (Å²) in [4.78, 5) is 2.91. The lowest BCUT2D eigenvalue weighted by Crippen LogP contribution is -2.18. The largest absolute Gasteiger partial charge is 0.574 e. The summed E-state index contributed by atoms with van der Waals surface area (Å²) in [5, 5.41) is 9.02. The van der Waals surface area contributed by atoms with E-state index in [0.29, 0.717) is 0 Å². The highest BCUT2D eigenvalue weighted by Gasteiger charge is 2.34. The molecule has 3 nitrogen and oxygen atoms in total. The lowest BCUT2D eigenvalue weighted by atomic mass is 10.3. The molecule has 0 saturated heterocycles. The van der Waals surface area contributed by atoms with Crippen molar-refractivity contribution in [1.82, 2.24) is 4.98 Å². The van der Waals surface area contributed by atoms with Crippen molar-refractivity contribution < 1.29 is 31.8 Å². The standard InChI is InChI=1S/C7H3F5INO2/c8-5(9)4-2(13)1-3(15)6(14-4)16-7(10,11)12/h1,5,15H. The van der Waals surface area contributed by atoms with Gasteiger partial charge in [0.2, 0.25) is 0 Å². The maximum absolute atomic E-state index is 12.3. The molecule has 0 spiro atoms. The van der Waals surface area contributed by atoms with E-state index in [-0.39, 0.29) is 3.57 Å². The van der Waals surface area contributed by atoms with Gasteiger partial charge in [-0.15, -0.1) is 13.2 Å². The summed E-state index contributed by atoms with van der Waals surface area (Å²) in [5.74, 6) is -2.24. The minimum atomic E-state index is -5.10. The van der Waals surface area contributed by atoms with Crippen molar-refractivity contribution in [3.05, 3.63) is 15.3 Å². The van der Waals surface area contributed by atoms with Gasteiger partial charge in [-0.1, -0.05) is 0 Å². The molecule has 0 aliphatic heterocycles. The third-order valence-corrected chi connectivity index (χ3v) is 2.23. The van der Waals surface area contributed by atoms with Gasteiger partial charge in [-0.05, 0) is 22.6 Å². The van der Waals surface area contributed by atoms with Crippen molar-refractivity contribution in [2.75, 3.05) is 0 Å². The molecule has 0 aromatic carbocycles. The van der Waals surface area contributed by atoms with Gasteiger partial charge in [-0.2, -0.15) is 0 Å². The van der Waals surface area contributed by atoms with Crippen LogP contribution in [0.2, 0.25) is 0 Å². The van der Waals surface area contributed by atoms with E-state index >= 15 is 0 Å². The number of hydrogen-bond donors (Lipinski definition) is 1. The van der Waals surface area contributed by atoms with Gasteiger partial charge in [0.1, 0.15) is 5.69 Å². The summed E-state index contributed by atoms with van der Waals surface area (Å²) in [7, 11) is 0. The number of aromatic hydroxyl groups is 1. The molecule has 1 rings (SSSR count). The van der Waals surface area contributed by atoms with Crippen LogP contribution in [0, 0.1) is 3.57 Å². The van der Waals surface area contributed by atoms with Gasteiger partial charge in [-0.25, -0.2) is 13.8 Å². The van der Waals surface area contributed by atoms with E-state index in [2.05, 4.69) is 9.72 Å². The van der Waals surface area contributed by atoms with Gasteiger partial charge in [0, 0.05) is 9.64 Å². The van der Waals surface area contributed by atoms with E-state index < -0.39 is 30.1 Å². The first-order valence-electron chi connectivity index (χ1n) is 3.64. The molecular weight excluding hydrogens is 352 g/mol. The number of halogens is 6. The summed E-state index contributed by atoms with van der Waals surface area (Å²) in [6.07, 6.45) is -8.15. The second-order valence-corrected chi connectivity index (χ2v) is 3.69. The van der Waals surface area contributed by atoms with Crippen LogP contribution in [-0.2, 0) is 0 Å². The molecule has 0 aliphatic rings. The minimum Gasteiger partial charge on any atom is -0.503 e. The Kier molecular flexibility index (Phi) is 3.76. The van der Waals surface area contributed by atoms with Crippen LogP contribution in [0.3, 0.4) is 0 Å². The Labute approximate surface area is 99.4 Å². The monoisotopic (exact) mass is 355 g/mol. The quantitative estimate of drug-likeness (QED) is 0.655. The number of alkyl halides is 5. The molecule has 1 aromatic heterocycles. The number of aromatic nitrogens is 1. The highest BCUT2D eigenvalue weighted by molar-refractivity contribution is 14.1. The Bertz CT molecular complexity index is 395. The lowest BCUT2D eigenvalue weighted by molar-refractivity contribution is -0.276. The van der Waals surface area contributed by atoms with E-state index in [1.54, 1.807) is 0 Å². The Morgan fingerprint density at radius 1 is 1.38 bits per heavy atom. The van der Waals surface area contributed by atoms with Crippen molar-refractivity contribution in [3.63, 3.8) is 0 Å². The SMILES string of the molecule is Oc1cc(I)c(C(F)F)nc1OC(F)(F)F. The molecule has 0 unspecified atom stereocenters. The van der Waals surface area contributed by atoms with Gasteiger partial charge < -0.3 is 9.84 Å². The van der Waals surface area contributed by atoms with Crippen molar-refractivity contribution in [3.8, 4) is 11.6 Å². The number of nitrogens with zero attached hydrogens (tertiary/aromatic N) is 1. The molecule has 1 heterocycles. The average Bonchev–Trinajstić information content (AvgIpc) is 2.07. The van der Waals surface area contributed by atoms with Crippen molar-refractivity contribution in [2.24, 2.45) is 0 Å². The van der Waals surface area contributed by atoms with Crippen LogP contribution >= 0.6 is 22.6 Å².